The van der Waals surface area contributed by atoms with E-state index in [-0.39, 0.29) is 5.91 Å². The zero-order valence-corrected chi connectivity index (χ0v) is 15.0. The van der Waals surface area contributed by atoms with Gasteiger partial charge >= 0.3 is 0 Å². The highest BCUT2D eigenvalue weighted by atomic mass is 35.5. The number of piperidine rings is 1. The quantitative estimate of drug-likeness (QED) is 0.582. The number of carbonyl (C=O) groups is 1. The SMILES string of the molecule is CC(=O)N(C)C1CCN(CCCSc2ccccc2Cl)CC1. The summed E-state index contributed by atoms with van der Waals surface area (Å²) in [5.74, 6) is 1.27. The lowest BCUT2D eigenvalue weighted by molar-refractivity contribution is -0.130. The van der Waals surface area contributed by atoms with E-state index >= 15 is 0 Å². The Bertz CT molecular complexity index is 489. The van der Waals surface area contributed by atoms with Crippen LogP contribution in [0.4, 0.5) is 0 Å². The van der Waals surface area contributed by atoms with E-state index < -0.39 is 0 Å². The summed E-state index contributed by atoms with van der Waals surface area (Å²) in [5, 5.41) is 0.848. The van der Waals surface area contributed by atoms with Crippen LogP contribution in [-0.4, -0.2) is 54.2 Å². The highest BCUT2D eigenvalue weighted by Gasteiger charge is 2.23. The van der Waals surface area contributed by atoms with E-state index in [1.54, 1.807) is 6.92 Å². The van der Waals surface area contributed by atoms with Gasteiger partial charge < -0.3 is 9.80 Å². The second-order valence-electron chi connectivity index (χ2n) is 5.84. The number of amides is 1. The van der Waals surface area contributed by atoms with Gasteiger partial charge in [0.2, 0.25) is 5.91 Å². The standard InChI is InChI=1S/C17H25ClN2OS/c1-14(21)19(2)15-8-11-20(12-9-15)10-5-13-22-17-7-4-3-6-16(17)18/h3-4,6-7,15H,5,8-13H2,1-2H3. The highest BCUT2D eigenvalue weighted by molar-refractivity contribution is 7.99. The van der Waals surface area contributed by atoms with Crippen molar-refractivity contribution < 1.29 is 4.79 Å². The van der Waals surface area contributed by atoms with Crippen LogP contribution in [0.1, 0.15) is 26.2 Å². The van der Waals surface area contributed by atoms with Crippen LogP contribution in [-0.2, 0) is 4.79 Å². The Balaban J connectivity index is 1.63. The molecule has 1 saturated heterocycles. The first kappa shape index (κ1) is 17.6. The number of nitrogens with zero attached hydrogens (tertiary/aromatic N) is 2. The van der Waals surface area contributed by atoms with Crippen molar-refractivity contribution >= 4 is 29.3 Å². The van der Waals surface area contributed by atoms with Crippen molar-refractivity contribution in [1.29, 1.82) is 0 Å². The van der Waals surface area contributed by atoms with E-state index in [1.165, 1.54) is 11.3 Å². The molecule has 0 spiro atoms. The summed E-state index contributed by atoms with van der Waals surface area (Å²) in [6, 6.07) is 8.45. The number of rotatable bonds is 6. The predicted molar refractivity (Wildman–Crippen MR) is 94.7 cm³/mol. The van der Waals surface area contributed by atoms with Crippen molar-refractivity contribution in [3.63, 3.8) is 0 Å². The first-order valence-electron chi connectivity index (χ1n) is 7.91. The number of hydrogen-bond acceptors (Lipinski definition) is 3. The average molecular weight is 341 g/mol. The maximum absolute atomic E-state index is 11.4. The molecule has 0 radical (unpaired) electrons. The molecule has 1 aromatic rings. The zero-order chi connectivity index (χ0) is 15.9. The molecular formula is C17H25ClN2OS. The normalized spacial score (nSPS) is 16.7. The van der Waals surface area contributed by atoms with E-state index in [2.05, 4.69) is 11.0 Å². The summed E-state index contributed by atoms with van der Waals surface area (Å²) in [7, 11) is 1.92. The largest absolute Gasteiger partial charge is 0.343 e. The van der Waals surface area contributed by atoms with Gasteiger partial charge in [-0.1, -0.05) is 23.7 Å². The van der Waals surface area contributed by atoms with E-state index in [4.69, 9.17) is 11.6 Å². The third-order valence-corrected chi connectivity index (χ3v) is 5.92. The summed E-state index contributed by atoms with van der Waals surface area (Å²) in [5.41, 5.74) is 0. The lowest BCUT2D eigenvalue weighted by atomic mass is 10.0. The maximum Gasteiger partial charge on any atom is 0.219 e. The molecule has 0 atom stereocenters. The van der Waals surface area contributed by atoms with Crippen LogP contribution in [0.25, 0.3) is 0 Å². The number of benzene rings is 1. The molecule has 22 heavy (non-hydrogen) atoms. The summed E-state index contributed by atoms with van der Waals surface area (Å²) in [6.07, 6.45) is 3.35. The van der Waals surface area contributed by atoms with Crippen molar-refractivity contribution in [3.8, 4) is 0 Å². The van der Waals surface area contributed by atoms with Gasteiger partial charge in [-0.2, -0.15) is 0 Å². The van der Waals surface area contributed by atoms with E-state index in [0.29, 0.717) is 6.04 Å². The Hall–Kier alpha value is -0.710. The van der Waals surface area contributed by atoms with Crippen molar-refractivity contribution in [2.75, 3.05) is 32.4 Å². The number of hydrogen-bond donors (Lipinski definition) is 0. The molecule has 3 nitrogen and oxygen atoms in total. The summed E-state index contributed by atoms with van der Waals surface area (Å²) in [4.78, 5) is 17.0. The van der Waals surface area contributed by atoms with Gasteiger partial charge in [-0.15, -0.1) is 11.8 Å². The maximum atomic E-state index is 11.4. The second kappa shape index (κ2) is 8.80. The van der Waals surface area contributed by atoms with Crippen LogP contribution < -0.4 is 0 Å². The highest BCUT2D eigenvalue weighted by Crippen LogP contribution is 2.27. The number of likely N-dealkylation sites (tertiary alicyclic amines) is 1. The number of halogens is 1. The molecule has 1 aliphatic heterocycles. The van der Waals surface area contributed by atoms with Crippen LogP contribution in [0.15, 0.2) is 29.2 Å². The van der Waals surface area contributed by atoms with E-state index in [0.717, 1.165) is 43.3 Å². The molecule has 1 fully saturated rings. The van der Waals surface area contributed by atoms with Crippen LogP contribution in [0.3, 0.4) is 0 Å². The zero-order valence-electron chi connectivity index (χ0n) is 13.4. The lowest BCUT2D eigenvalue weighted by Crippen LogP contribution is -2.45. The lowest BCUT2D eigenvalue weighted by Gasteiger charge is -2.36. The Labute approximate surface area is 143 Å². The fourth-order valence-electron chi connectivity index (χ4n) is 2.82. The third-order valence-electron chi connectivity index (χ3n) is 4.31. The monoisotopic (exact) mass is 340 g/mol. The van der Waals surface area contributed by atoms with Gasteiger partial charge in [0.25, 0.3) is 0 Å². The Morgan fingerprint density at radius 1 is 1.36 bits per heavy atom. The Kier molecular flexibility index (Phi) is 7.06. The minimum absolute atomic E-state index is 0.176. The fraction of sp³-hybridized carbons (Fsp3) is 0.588. The Morgan fingerprint density at radius 2 is 2.05 bits per heavy atom. The van der Waals surface area contributed by atoms with Gasteiger partial charge in [0.15, 0.2) is 0 Å². The number of carbonyl (C=O) groups excluding carboxylic acids is 1. The molecule has 0 unspecified atom stereocenters. The van der Waals surface area contributed by atoms with Crippen molar-refractivity contribution in [1.82, 2.24) is 9.80 Å². The minimum Gasteiger partial charge on any atom is -0.343 e. The second-order valence-corrected chi connectivity index (χ2v) is 7.38. The molecule has 1 aromatic carbocycles. The molecular weight excluding hydrogens is 316 g/mol. The van der Waals surface area contributed by atoms with Crippen LogP contribution in [0, 0.1) is 0 Å². The predicted octanol–water partition coefficient (Wildman–Crippen LogP) is 3.76. The van der Waals surface area contributed by atoms with Crippen molar-refractivity contribution in [2.45, 2.75) is 37.1 Å². The molecule has 1 aliphatic rings. The fourth-order valence-corrected chi connectivity index (χ4v) is 3.99. The van der Waals surface area contributed by atoms with Gasteiger partial charge in [-0.25, -0.2) is 0 Å². The van der Waals surface area contributed by atoms with Crippen LogP contribution in [0.5, 0.6) is 0 Å². The smallest absolute Gasteiger partial charge is 0.219 e. The summed E-state index contributed by atoms with van der Waals surface area (Å²) >= 11 is 7.99. The molecule has 0 aromatic heterocycles. The van der Waals surface area contributed by atoms with Crippen LogP contribution in [0.2, 0.25) is 5.02 Å². The molecule has 1 heterocycles. The van der Waals surface area contributed by atoms with Gasteiger partial charge in [0.1, 0.15) is 0 Å². The first-order valence-corrected chi connectivity index (χ1v) is 9.27. The topological polar surface area (TPSA) is 23.6 Å². The summed E-state index contributed by atoms with van der Waals surface area (Å²) in [6.45, 7) is 4.98. The molecule has 1 amide bonds. The van der Waals surface area contributed by atoms with Gasteiger partial charge in [0.05, 0.1) is 5.02 Å². The molecule has 2 rings (SSSR count). The molecule has 0 N–H and O–H groups in total. The average Bonchev–Trinajstić information content (AvgIpc) is 2.53. The minimum atomic E-state index is 0.176. The van der Waals surface area contributed by atoms with Crippen molar-refractivity contribution in [2.24, 2.45) is 0 Å². The first-order chi connectivity index (χ1) is 10.6. The van der Waals surface area contributed by atoms with E-state index in [9.17, 15) is 4.79 Å². The van der Waals surface area contributed by atoms with Crippen LogP contribution >= 0.6 is 23.4 Å². The molecule has 0 bridgehead atoms. The molecule has 0 aliphatic carbocycles. The Morgan fingerprint density at radius 3 is 2.68 bits per heavy atom. The van der Waals surface area contributed by atoms with E-state index in [1.807, 2.05) is 41.9 Å². The van der Waals surface area contributed by atoms with Gasteiger partial charge in [0, 0.05) is 38.0 Å². The molecule has 5 heteroatoms. The molecule has 0 saturated carbocycles. The van der Waals surface area contributed by atoms with Gasteiger partial charge in [-0.05, 0) is 43.7 Å². The van der Waals surface area contributed by atoms with Gasteiger partial charge in [-0.3, -0.25) is 4.79 Å². The van der Waals surface area contributed by atoms with Crippen molar-refractivity contribution in [3.05, 3.63) is 29.3 Å². The molecule has 122 valence electrons. The number of thioether (sulfide) groups is 1. The summed E-state index contributed by atoms with van der Waals surface area (Å²) < 4.78 is 0. The third kappa shape index (κ3) is 5.18.